The monoisotopic (exact) mass is 615 g/mol. The lowest BCUT2D eigenvalue weighted by Crippen LogP contribution is -2.36. The molecule has 12 nitrogen and oxygen atoms in total. The summed E-state index contributed by atoms with van der Waals surface area (Å²) >= 11 is 0. The van der Waals surface area contributed by atoms with Crippen LogP contribution in [-0.4, -0.2) is 65.1 Å². The van der Waals surface area contributed by atoms with Crippen molar-refractivity contribution in [2.75, 3.05) is 41.9 Å². The first-order valence-electron chi connectivity index (χ1n) is 13.6. The Hall–Kier alpha value is -5.14. The molecule has 2 N–H and O–H groups in total. The summed E-state index contributed by atoms with van der Waals surface area (Å²) < 4.78 is 28.9. The number of nitrogens with one attached hydrogen (secondary N) is 2. The molecule has 0 saturated heterocycles. The van der Waals surface area contributed by atoms with E-state index in [1.54, 1.807) is 18.2 Å². The molecule has 3 aromatic rings. The quantitative estimate of drug-likeness (QED) is 0.275. The standard InChI is InChI=1S/C31H29N5O7S/c1-18-13-27(37)35(30(18)40)21-15-20(16-22(17-21)36-28(38)14-19(2)31(36)41)29(39)32-11-12-33-44(42,43)26-10-6-7-23-24(26)8-5-9-25(23)34(3)4/h5-10,13-17,33H,11-12H2,1-4H3,(H,32,39). The molecule has 0 atom stereocenters. The smallest absolute Gasteiger partial charge is 0.261 e. The Morgan fingerprint density at radius 1 is 0.773 bits per heavy atom. The summed E-state index contributed by atoms with van der Waals surface area (Å²) in [6.45, 7) is 2.68. The van der Waals surface area contributed by atoms with Crippen LogP contribution in [0, 0.1) is 0 Å². The van der Waals surface area contributed by atoms with Crippen molar-refractivity contribution >= 4 is 67.4 Å². The molecule has 0 aliphatic carbocycles. The van der Waals surface area contributed by atoms with Gasteiger partial charge in [0.15, 0.2) is 0 Å². The lowest BCUT2D eigenvalue weighted by molar-refractivity contribution is -0.121. The van der Waals surface area contributed by atoms with E-state index in [4.69, 9.17) is 0 Å². The summed E-state index contributed by atoms with van der Waals surface area (Å²) in [7, 11) is -0.221. The van der Waals surface area contributed by atoms with Crippen molar-refractivity contribution in [2.24, 2.45) is 0 Å². The predicted molar refractivity (Wildman–Crippen MR) is 165 cm³/mol. The molecule has 2 aliphatic heterocycles. The molecule has 0 radical (unpaired) electrons. The zero-order chi connectivity index (χ0) is 31.9. The van der Waals surface area contributed by atoms with Crippen LogP contribution in [-0.2, 0) is 29.2 Å². The normalized spacial score (nSPS) is 15.3. The highest BCUT2D eigenvalue weighted by Gasteiger charge is 2.34. The summed E-state index contributed by atoms with van der Waals surface area (Å²) in [6, 6.07) is 14.3. The molecule has 0 saturated carbocycles. The average Bonchev–Trinajstić information content (AvgIpc) is 3.39. The number of benzene rings is 3. The van der Waals surface area contributed by atoms with Crippen molar-refractivity contribution in [3.8, 4) is 0 Å². The van der Waals surface area contributed by atoms with Crippen molar-refractivity contribution in [3.05, 3.63) is 83.5 Å². The van der Waals surface area contributed by atoms with Gasteiger partial charge in [0.05, 0.1) is 16.3 Å². The van der Waals surface area contributed by atoms with Crippen LogP contribution in [0.3, 0.4) is 0 Å². The second-order valence-electron chi connectivity index (χ2n) is 10.5. The number of fused-ring (bicyclic) bond motifs is 1. The molecule has 0 spiro atoms. The van der Waals surface area contributed by atoms with E-state index >= 15 is 0 Å². The Morgan fingerprint density at radius 2 is 1.32 bits per heavy atom. The van der Waals surface area contributed by atoms with Crippen molar-refractivity contribution in [1.29, 1.82) is 0 Å². The van der Waals surface area contributed by atoms with Crippen LogP contribution in [0.4, 0.5) is 17.1 Å². The molecular weight excluding hydrogens is 586 g/mol. The molecule has 0 bridgehead atoms. The molecule has 5 rings (SSSR count). The van der Waals surface area contributed by atoms with Crippen LogP contribution < -0.4 is 24.7 Å². The first-order valence-corrected chi connectivity index (χ1v) is 15.0. The fourth-order valence-electron chi connectivity index (χ4n) is 5.08. The van der Waals surface area contributed by atoms with Gasteiger partial charge in [-0.2, -0.15) is 0 Å². The lowest BCUT2D eigenvalue weighted by Gasteiger charge is -2.21. The molecule has 2 aliphatic rings. The Morgan fingerprint density at radius 3 is 1.84 bits per heavy atom. The number of sulfonamides is 1. The van der Waals surface area contributed by atoms with Gasteiger partial charge in [-0.25, -0.2) is 22.9 Å². The predicted octanol–water partition coefficient (Wildman–Crippen LogP) is 2.25. The number of nitrogens with zero attached hydrogens (tertiary/aromatic N) is 3. The Bertz CT molecular complexity index is 1880. The molecule has 226 valence electrons. The van der Waals surface area contributed by atoms with Crippen LogP contribution in [0.5, 0.6) is 0 Å². The third-order valence-electron chi connectivity index (χ3n) is 7.22. The molecule has 13 heteroatoms. The third kappa shape index (κ3) is 5.50. The Balaban J connectivity index is 1.35. The van der Waals surface area contributed by atoms with Crippen LogP contribution in [0.2, 0.25) is 0 Å². The van der Waals surface area contributed by atoms with Crippen LogP contribution in [0.25, 0.3) is 10.8 Å². The first-order chi connectivity index (χ1) is 20.8. The number of carbonyl (C=O) groups is 5. The fourth-order valence-corrected chi connectivity index (χ4v) is 6.33. The van der Waals surface area contributed by atoms with Crippen molar-refractivity contribution in [1.82, 2.24) is 10.0 Å². The van der Waals surface area contributed by atoms with Gasteiger partial charge in [0, 0.05) is 72.5 Å². The van der Waals surface area contributed by atoms with E-state index in [0.29, 0.717) is 5.39 Å². The van der Waals surface area contributed by atoms with Gasteiger partial charge in [-0.3, -0.25) is 24.0 Å². The lowest BCUT2D eigenvalue weighted by atomic mass is 10.1. The van der Waals surface area contributed by atoms with E-state index < -0.39 is 39.6 Å². The molecule has 0 fully saturated rings. The van der Waals surface area contributed by atoms with Gasteiger partial charge in [-0.05, 0) is 44.2 Å². The van der Waals surface area contributed by atoms with Gasteiger partial charge in [-0.15, -0.1) is 0 Å². The number of imide groups is 2. The molecule has 5 amide bonds. The molecule has 2 heterocycles. The maximum atomic E-state index is 13.2. The minimum atomic E-state index is -3.96. The number of hydrogen-bond acceptors (Lipinski definition) is 8. The topological polar surface area (TPSA) is 153 Å². The highest BCUT2D eigenvalue weighted by molar-refractivity contribution is 7.89. The van der Waals surface area contributed by atoms with E-state index in [0.717, 1.165) is 33.0 Å². The first kappa shape index (κ1) is 30.3. The summed E-state index contributed by atoms with van der Waals surface area (Å²) in [5.74, 6) is -3.16. The SMILES string of the molecule is CC1=CC(=O)N(c2cc(C(=O)NCCNS(=O)(=O)c3cccc4c(N(C)C)cccc34)cc(N3C(=O)C=C(C)C3=O)c2)C1=O. The zero-order valence-corrected chi connectivity index (χ0v) is 25.2. The minimum Gasteiger partial charge on any atom is -0.377 e. The van der Waals surface area contributed by atoms with Gasteiger partial charge in [0.25, 0.3) is 29.5 Å². The summed E-state index contributed by atoms with van der Waals surface area (Å²) in [5.41, 5.74) is 1.17. The number of amides is 5. The van der Waals surface area contributed by atoms with Crippen molar-refractivity contribution in [2.45, 2.75) is 18.7 Å². The number of hydrogen-bond donors (Lipinski definition) is 2. The fraction of sp³-hybridized carbons (Fsp3) is 0.194. The van der Waals surface area contributed by atoms with Gasteiger partial charge in [0.1, 0.15) is 0 Å². The van der Waals surface area contributed by atoms with Gasteiger partial charge >= 0.3 is 0 Å². The largest absolute Gasteiger partial charge is 0.377 e. The maximum Gasteiger partial charge on any atom is 0.261 e. The summed E-state index contributed by atoms with van der Waals surface area (Å²) in [5, 5.41) is 3.92. The Kier molecular flexibility index (Phi) is 7.93. The zero-order valence-electron chi connectivity index (χ0n) is 24.4. The van der Waals surface area contributed by atoms with Gasteiger partial charge in [-0.1, -0.05) is 24.3 Å². The van der Waals surface area contributed by atoms with E-state index in [1.165, 1.54) is 38.1 Å². The van der Waals surface area contributed by atoms with Crippen LogP contribution in [0.15, 0.2) is 82.8 Å². The maximum absolute atomic E-state index is 13.2. The number of rotatable bonds is 9. The average molecular weight is 616 g/mol. The molecule has 0 aromatic heterocycles. The molecule has 3 aromatic carbocycles. The molecule has 44 heavy (non-hydrogen) atoms. The van der Waals surface area contributed by atoms with Crippen molar-refractivity contribution < 1.29 is 32.4 Å². The highest BCUT2D eigenvalue weighted by Crippen LogP contribution is 2.32. The van der Waals surface area contributed by atoms with E-state index in [9.17, 15) is 32.4 Å². The van der Waals surface area contributed by atoms with Gasteiger partial charge < -0.3 is 10.2 Å². The van der Waals surface area contributed by atoms with E-state index in [2.05, 4.69) is 10.0 Å². The minimum absolute atomic E-state index is 0.00495. The second kappa shape index (κ2) is 11.5. The van der Waals surface area contributed by atoms with Crippen molar-refractivity contribution in [3.63, 3.8) is 0 Å². The summed E-state index contributed by atoms with van der Waals surface area (Å²) in [6.07, 6.45) is 2.30. The van der Waals surface area contributed by atoms with Gasteiger partial charge in [0.2, 0.25) is 10.0 Å². The van der Waals surface area contributed by atoms with Crippen LogP contribution >= 0.6 is 0 Å². The second-order valence-corrected chi connectivity index (χ2v) is 12.3. The third-order valence-corrected chi connectivity index (χ3v) is 8.73. The van der Waals surface area contributed by atoms with Crippen LogP contribution in [0.1, 0.15) is 24.2 Å². The number of carbonyl (C=O) groups excluding carboxylic acids is 5. The Labute approximate surface area is 253 Å². The van der Waals surface area contributed by atoms with E-state index in [-0.39, 0.29) is 46.1 Å². The highest BCUT2D eigenvalue weighted by atomic mass is 32.2. The molecular formula is C31H29N5O7S. The van der Waals surface area contributed by atoms with E-state index in [1.807, 2.05) is 31.1 Å². The molecule has 0 unspecified atom stereocenters. The number of anilines is 3. The summed E-state index contributed by atoms with van der Waals surface area (Å²) in [4.78, 5) is 67.3.